The van der Waals surface area contributed by atoms with Crippen LogP contribution in [0.1, 0.15) is 26.2 Å². The Morgan fingerprint density at radius 1 is 0.720 bits per heavy atom. The predicted octanol–water partition coefficient (Wildman–Crippen LogP) is -0.534. The normalized spacial score (nSPS) is 27.7. The Bertz CT molecular complexity index is 432. The molecule has 2 heterocycles. The van der Waals surface area contributed by atoms with Crippen molar-refractivity contribution in [2.45, 2.75) is 26.2 Å². The fourth-order valence-electron chi connectivity index (χ4n) is 3.68. The summed E-state index contributed by atoms with van der Waals surface area (Å²) in [6.07, 6.45) is 2.77. The maximum absolute atomic E-state index is 11.8. The molecule has 2 aliphatic rings. The van der Waals surface area contributed by atoms with Crippen LogP contribution in [-0.4, -0.2) is 110 Å². The van der Waals surface area contributed by atoms with Crippen molar-refractivity contribution < 1.29 is 9.59 Å². The lowest BCUT2D eigenvalue weighted by molar-refractivity contribution is -0.120. The lowest BCUT2D eigenvalue weighted by Gasteiger charge is -2.35. The lowest BCUT2D eigenvalue weighted by Crippen LogP contribution is -2.48. The van der Waals surface area contributed by atoms with Gasteiger partial charge in [0, 0.05) is 45.7 Å². The topological polar surface area (TPSA) is 73.1 Å². The molecule has 1 amide bonds. The monoisotopic (exact) mass is 353 g/mol. The molecule has 2 saturated heterocycles. The minimum Gasteiger partial charge on any atom is -0.369 e. The maximum Gasteiger partial charge on any atom is 0.231 e. The van der Waals surface area contributed by atoms with Crippen molar-refractivity contribution >= 4 is 11.7 Å². The van der Waals surface area contributed by atoms with Crippen molar-refractivity contribution in [3.8, 4) is 0 Å². The Balaban J connectivity index is 1.96. The zero-order valence-electron chi connectivity index (χ0n) is 15.8. The van der Waals surface area contributed by atoms with Crippen LogP contribution in [0.15, 0.2) is 0 Å². The summed E-state index contributed by atoms with van der Waals surface area (Å²) in [6.45, 7) is 12.9. The van der Waals surface area contributed by atoms with Crippen LogP contribution in [0.3, 0.4) is 0 Å². The Morgan fingerprint density at radius 3 is 1.68 bits per heavy atom. The van der Waals surface area contributed by atoms with Crippen LogP contribution >= 0.6 is 0 Å². The van der Waals surface area contributed by atoms with Gasteiger partial charge in [0.05, 0.1) is 13.1 Å². The van der Waals surface area contributed by atoms with Gasteiger partial charge in [-0.3, -0.25) is 19.4 Å². The molecular formula is C18H35N5O2. The van der Waals surface area contributed by atoms with Gasteiger partial charge in [0.15, 0.2) is 0 Å². The molecule has 0 aromatic rings. The molecule has 144 valence electrons. The second kappa shape index (κ2) is 10.9. The summed E-state index contributed by atoms with van der Waals surface area (Å²) < 4.78 is 0. The smallest absolute Gasteiger partial charge is 0.231 e. The highest BCUT2D eigenvalue weighted by Gasteiger charge is 2.19. The van der Waals surface area contributed by atoms with Crippen molar-refractivity contribution in [3.05, 3.63) is 0 Å². The quantitative estimate of drug-likeness (QED) is 0.716. The molecule has 0 aromatic carbocycles. The van der Waals surface area contributed by atoms with E-state index in [2.05, 4.69) is 19.6 Å². The number of hydrogen-bond acceptors (Lipinski definition) is 6. The van der Waals surface area contributed by atoms with Crippen molar-refractivity contribution in [3.63, 3.8) is 0 Å². The minimum atomic E-state index is -0.238. The van der Waals surface area contributed by atoms with E-state index in [0.29, 0.717) is 25.3 Å². The maximum atomic E-state index is 11.8. The summed E-state index contributed by atoms with van der Waals surface area (Å²) in [5.41, 5.74) is 5.39. The zero-order chi connectivity index (χ0) is 18.1. The lowest BCUT2D eigenvalue weighted by atomic mass is 10.2. The molecule has 7 heteroatoms. The summed E-state index contributed by atoms with van der Waals surface area (Å²) in [4.78, 5) is 32.6. The molecule has 0 spiro atoms. The summed E-state index contributed by atoms with van der Waals surface area (Å²) in [5, 5.41) is 0. The van der Waals surface area contributed by atoms with E-state index >= 15 is 0 Å². The van der Waals surface area contributed by atoms with Gasteiger partial charge >= 0.3 is 0 Å². The van der Waals surface area contributed by atoms with Crippen LogP contribution < -0.4 is 5.73 Å². The van der Waals surface area contributed by atoms with Gasteiger partial charge in [-0.05, 0) is 39.0 Å². The highest BCUT2D eigenvalue weighted by molar-refractivity contribution is 5.80. The third kappa shape index (κ3) is 7.81. The average molecular weight is 354 g/mol. The van der Waals surface area contributed by atoms with Crippen LogP contribution in [0.25, 0.3) is 0 Å². The van der Waals surface area contributed by atoms with Crippen molar-refractivity contribution in [2.24, 2.45) is 5.73 Å². The van der Waals surface area contributed by atoms with E-state index in [1.807, 2.05) is 6.92 Å². The number of carbonyl (C=O) groups excluding carboxylic acids is 2. The summed E-state index contributed by atoms with van der Waals surface area (Å²) >= 11 is 0. The van der Waals surface area contributed by atoms with Crippen LogP contribution in [0.5, 0.6) is 0 Å². The highest BCUT2D eigenvalue weighted by atomic mass is 16.1. The number of rotatable bonds is 5. The fraction of sp³-hybridized carbons (Fsp3) is 0.889. The van der Waals surface area contributed by atoms with Crippen LogP contribution in [-0.2, 0) is 9.59 Å². The molecule has 2 N–H and O–H groups in total. The number of amides is 1. The van der Waals surface area contributed by atoms with Gasteiger partial charge in [0.25, 0.3) is 0 Å². The van der Waals surface area contributed by atoms with E-state index in [0.717, 1.165) is 78.3 Å². The fourth-order valence-corrected chi connectivity index (χ4v) is 3.68. The number of hydrogen-bond donors (Lipinski definition) is 1. The standard InChI is InChI=1S/C18H35N5O2/c1-2-17(24)15-22-7-3-5-21-10-9-20(11-13-22)6-4-8-23(14-12-21)16-18(19)25/h2-16H2,1H3,(H2,19,25). The van der Waals surface area contributed by atoms with Crippen molar-refractivity contribution in [1.29, 1.82) is 0 Å². The van der Waals surface area contributed by atoms with Gasteiger partial charge in [-0.1, -0.05) is 6.92 Å². The predicted molar refractivity (Wildman–Crippen MR) is 99.5 cm³/mol. The molecule has 0 aromatic heterocycles. The van der Waals surface area contributed by atoms with Gasteiger partial charge < -0.3 is 15.5 Å². The van der Waals surface area contributed by atoms with Gasteiger partial charge in [-0.2, -0.15) is 0 Å². The first-order valence-electron chi connectivity index (χ1n) is 9.76. The van der Waals surface area contributed by atoms with E-state index in [-0.39, 0.29) is 5.91 Å². The molecule has 2 rings (SSSR count). The molecule has 7 nitrogen and oxygen atoms in total. The summed E-state index contributed by atoms with van der Waals surface area (Å²) in [7, 11) is 0. The van der Waals surface area contributed by atoms with Crippen LogP contribution in [0.2, 0.25) is 0 Å². The second-order valence-corrected chi connectivity index (χ2v) is 7.30. The number of primary amides is 1. The molecule has 2 fully saturated rings. The first-order chi connectivity index (χ1) is 12.1. The zero-order valence-corrected chi connectivity index (χ0v) is 15.8. The average Bonchev–Trinajstić information content (AvgIpc) is 2.59. The third-order valence-electron chi connectivity index (χ3n) is 5.27. The van der Waals surface area contributed by atoms with Gasteiger partial charge in [0.1, 0.15) is 5.78 Å². The third-order valence-corrected chi connectivity index (χ3v) is 5.27. The van der Waals surface area contributed by atoms with Crippen LogP contribution in [0.4, 0.5) is 0 Å². The second-order valence-electron chi connectivity index (χ2n) is 7.30. The molecule has 0 saturated carbocycles. The molecule has 2 aliphatic heterocycles. The van der Waals surface area contributed by atoms with Crippen molar-refractivity contribution in [2.75, 3.05) is 78.5 Å². The number of fused-ring (bicyclic) bond motifs is 3. The molecular weight excluding hydrogens is 318 g/mol. The summed E-state index contributed by atoms with van der Waals surface area (Å²) in [5.74, 6) is 0.0986. The first-order valence-corrected chi connectivity index (χ1v) is 9.76. The molecule has 0 radical (unpaired) electrons. The van der Waals surface area contributed by atoms with E-state index in [1.54, 1.807) is 0 Å². The Labute approximate surface area is 152 Å². The molecule has 25 heavy (non-hydrogen) atoms. The summed E-state index contributed by atoms with van der Waals surface area (Å²) in [6, 6.07) is 0. The van der Waals surface area contributed by atoms with Gasteiger partial charge in [-0.15, -0.1) is 0 Å². The Morgan fingerprint density at radius 2 is 1.20 bits per heavy atom. The van der Waals surface area contributed by atoms with E-state index in [9.17, 15) is 9.59 Å². The number of Topliss-reactive ketones (excluding diaryl/α,β-unsaturated/α-hetero) is 1. The molecule has 2 atom stereocenters. The number of ketones is 1. The van der Waals surface area contributed by atoms with Gasteiger partial charge in [-0.25, -0.2) is 0 Å². The largest absolute Gasteiger partial charge is 0.369 e. The number of nitrogens with zero attached hydrogens (tertiary/aromatic N) is 4. The van der Waals surface area contributed by atoms with Crippen LogP contribution in [0, 0.1) is 0 Å². The molecule has 0 aliphatic carbocycles. The van der Waals surface area contributed by atoms with E-state index < -0.39 is 0 Å². The Hall–Kier alpha value is -1.02. The first kappa shape index (κ1) is 20.3. The highest BCUT2D eigenvalue weighted by Crippen LogP contribution is 2.06. The van der Waals surface area contributed by atoms with Crippen molar-refractivity contribution in [1.82, 2.24) is 19.6 Å². The minimum absolute atomic E-state index is 0.238. The molecule has 2 bridgehead atoms. The number of nitrogens with two attached hydrogens (primary N) is 1. The Kier molecular flexibility index (Phi) is 8.81. The SMILES string of the molecule is CCC(=O)CN1CCCN2CCN(CCCN(CC(N)=O)CC2)CC1. The van der Waals surface area contributed by atoms with E-state index in [1.165, 1.54) is 0 Å². The molecule has 2 unspecified atom stereocenters. The number of carbonyl (C=O) groups is 2. The van der Waals surface area contributed by atoms with Gasteiger partial charge in [0.2, 0.25) is 5.91 Å². The van der Waals surface area contributed by atoms with E-state index in [4.69, 9.17) is 5.73 Å².